The maximum Gasteiger partial charge on any atom is 0.243 e. The molecule has 0 aliphatic carbocycles. The van der Waals surface area contributed by atoms with Crippen molar-refractivity contribution in [2.24, 2.45) is 17.4 Å². The van der Waals surface area contributed by atoms with Crippen LogP contribution in [0.1, 0.15) is 32.3 Å². The SMILES string of the molecule is CSCC[C@H](NC(=O)[C@H](CC(C)C)NC(=O)[C@H](N)Cc1ccccc1)C(N)=O. The highest BCUT2D eigenvalue weighted by Crippen LogP contribution is 2.08. The third-order valence-corrected chi connectivity index (χ3v) is 4.89. The lowest BCUT2D eigenvalue weighted by molar-refractivity contribution is -0.132. The van der Waals surface area contributed by atoms with Crippen molar-refractivity contribution in [3.8, 4) is 0 Å². The Morgan fingerprint density at radius 1 is 1.04 bits per heavy atom. The maximum absolute atomic E-state index is 12.7. The number of carbonyl (C=O) groups excluding carboxylic acids is 3. The number of amides is 3. The predicted octanol–water partition coefficient (Wildman–Crippen LogP) is 0.811. The summed E-state index contributed by atoms with van der Waals surface area (Å²) in [4.78, 5) is 36.8. The Morgan fingerprint density at radius 3 is 2.18 bits per heavy atom. The lowest BCUT2D eigenvalue weighted by Crippen LogP contribution is -2.56. The molecule has 0 spiro atoms. The summed E-state index contributed by atoms with van der Waals surface area (Å²) in [5.74, 6) is -0.544. The Kier molecular flexibility index (Phi) is 10.6. The van der Waals surface area contributed by atoms with Gasteiger partial charge >= 0.3 is 0 Å². The number of hydrogen-bond donors (Lipinski definition) is 4. The van der Waals surface area contributed by atoms with Crippen molar-refractivity contribution < 1.29 is 14.4 Å². The maximum atomic E-state index is 12.7. The van der Waals surface area contributed by atoms with Gasteiger partial charge in [-0.15, -0.1) is 0 Å². The highest BCUT2D eigenvalue weighted by molar-refractivity contribution is 7.98. The van der Waals surface area contributed by atoms with E-state index in [9.17, 15) is 14.4 Å². The molecule has 1 rings (SSSR count). The molecule has 0 radical (unpaired) electrons. The molecule has 0 heterocycles. The van der Waals surface area contributed by atoms with Crippen molar-refractivity contribution in [3.63, 3.8) is 0 Å². The van der Waals surface area contributed by atoms with Crippen LogP contribution in [-0.2, 0) is 20.8 Å². The monoisotopic (exact) mass is 408 g/mol. The van der Waals surface area contributed by atoms with Crippen LogP contribution in [0.4, 0.5) is 0 Å². The van der Waals surface area contributed by atoms with Crippen LogP contribution in [0.5, 0.6) is 0 Å². The molecule has 0 fully saturated rings. The first kappa shape index (κ1) is 24.0. The normalized spacial score (nSPS) is 14.2. The van der Waals surface area contributed by atoms with E-state index in [0.717, 1.165) is 5.56 Å². The van der Waals surface area contributed by atoms with Crippen LogP contribution in [0.25, 0.3) is 0 Å². The molecule has 0 bridgehead atoms. The van der Waals surface area contributed by atoms with Gasteiger partial charge in [0.05, 0.1) is 6.04 Å². The summed E-state index contributed by atoms with van der Waals surface area (Å²) >= 11 is 1.56. The van der Waals surface area contributed by atoms with Crippen LogP contribution in [0, 0.1) is 5.92 Å². The van der Waals surface area contributed by atoms with E-state index >= 15 is 0 Å². The quantitative estimate of drug-likeness (QED) is 0.407. The summed E-state index contributed by atoms with van der Waals surface area (Å²) < 4.78 is 0. The number of nitrogens with one attached hydrogen (secondary N) is 2. The van der Waals surface area contributed by atoms with Crippen molar-refractivity contribution in [1.82, 2.24) is 10.6 Å². The second kappa shape index (κ2) is 12.4. The van der Waals surface area contributed by atoms with E-state index in [4.69, 9.17) is 11.5 Å². The fourth-order valence-corrected chi connectivity index (χ4v) is 3.21. The average Bonchev–Trinajstić information content (AvgIpc) is 2.64. The van der Waals surface area contributed by atoms with E-state index in [1.165, 1.54) is 0 Å². The summed E-state index contributed by atoms with van der Waals surface area (Å²) in [6.07, 6.45) is 3.16. The average molecular weight is 409 g/mol. The van der Waals surface area contributed by atoms with Crippen molar-refractivity contribution in [1.29, 1.82) is 0 Å². The number of rotatable bonds is 12. The van der Waals surface area contributed by atoms with Gasteiger partial charge in [0, 0.05) is 0 Å². The second-order valence-electron chi connectivity index (χ2n) is 7.23. The van der Waals surface area contributed by atoms with Crippen molar-refractivity contribution in [3.05, 3.63) is 35.9 Å². The number of thioether (sulfide) groups is 1. The molecule has 28 heavy (non-hydrogen) atoms. The summed E-state index contributed by atoms with van der Waals surface area (Å²) in [7, 11) is 0. The van der Waals surface area contributed by atoms with Gasteiger partial charge in [-0.2, -0.15) is 11.8 Å². The second-order valence-corrected chi connectivity index (χ2v) is 8.22. The van der Waals surface area contributed by atoms with Gasteiger partial charge in [-0.25, -0.2) is 0 Å². The Hall–Kier alpha value is -2.06. The molecule has 7 nitrogen and oxygen atoms in total. The minimum atomic E-state index is -0.773. The Balaban J connectivity index is 2.75. The molecular weight excluding hydrogens is 376 g/mol. The molecule has 1 aromatic rings. The first-order valence-electron chi connectivity index (χ1n) is 9.43. The third kappa shape index (κ3) is 8.75. The predicted molar refractivity (Wildman–Crippen MR) is 114 cm³/mol. The van der Waals surface area contributed by atoms with Gasteiger partial charge in [-0.05, 0) is 42.8 Å². The molecule has 8 heteroatoms. The minimum absolute atomic E-state index is 0.166. The molecule has 3 atom stereocenters. The number of primary amides is 1. The van der Waals surface area contributed by atoms with E-state index in [-0.39, 0.29) is 5.92 Å². The number of hydrogen-bond acceptors (Lipinski definition) is 5. The van der Waals surface area contributed by atoms with Gasteiger partial charge in [0.15, 0.2) is 0 Å². The molecule has 3 amide bonds. The summed E-state index contributed by atoms with van der Waals surface area (Å²) in [6.45, 7) is 3.91. The van der Waals surface area contributed by atoms with Crippen LogP contribution in [0.2, 0.25) is 0 Å². The Labute approximate surface area is 171 Å². The van der Waals surface area contributed by atoms with Gasteiger partial charge in [0.1, 0.15) is 12.1 Å². The first-order chi connectivity index (χ1) is 13.2. The lowest BCUT2D eigenvalue weighted by atomic mass is 10.0. The summed E-state index contributed by atoms with van der Waals surface area (Å²) in [5.41, 5.74) is 12.4. The zero-order chi connectivity index (χ0) is 21.1. The highest BCUT2D eigenvalue weighted by Gasteiger charge is 2.27. The minimum Gasteiger partial charge on any atom is -0.368 e. The van der Waals surface area contributed by atoms with Crippen molar-refractivity contribution in [2.45, 2.75) is 51.2 Å². The highest BCUT2D eigenvalue weighted by atomic mass is 32.2. The summed E-state index contributed by atoms with van der Waals surface area (Å²) in [5, 5.41) is 5.40. The van der Waals surface area contributed by atoms with Gasteiger partial charge in [0.25, 0.3) is 0 Å². The fraction of sp³-hybridized carbons (Fsp3) is 0.550. The molecule has 156 valence electrons. The van der Waals surface area contributed by atoms with Gasteiger partial charge in [0.2, 0.25) is 17.7 Å². The molecule has 6 N–H and O–H groups in total. The van der Waals surface area contributed by atoms with E-state index in [1.54, 1.807) is 11.8 Å². The van der Waals surface area contributed by atoms with E-state index in [1.807, 2.05) is 50.4 Å². The molecule has 0 aliphatic rings. The van der Waals surface area contributed by atoms with E-state index in [0.29, 0.717) is 25.0 Å². The molecule has 0 unspecified atom stereocenters. The van der Waals surface area contributed by atoms with Gasteiger partial charge in [-0.1, -0.05) is 44.2 Å². The fourth-order valence-electron chi connectivity index (χ4n) is 2.74. The lowest BCUT2D eigenvalue weighted by Gasteiger charge is -2.24. The van der Waals surface area contributed by atoms with E-state index < -0.39 is 35.8 Å². The number of nitrogens with two attached hydrogens (primary N) is 2. The molecule has 0 saturated carbocycles. The van der Waals surface area contributed by atoms with Gasteiger partial charge < -0.3 is 22.1 Å². The molecule has 1 aromatic carbocycles. The smallest absolute Gasteiger partial charge is 0.243 e. The largest absolute Gasteiger partial charge is 0.368 e. The van der Waals surface area contributed by atoms with E-state index in [2.05, 4.69) is 10.6 Å². The molecule has 0 aliphatic heterocycles. The Bertz CT molecular complexity index is 640. The Morgan fingerprint density at radius 2 is 1.64 bits per heavy atom. The third-order valence-electron chi connectivity index (χ3n) is 4.25. The van der Waals surface area contributed by atoms with Crippen LogP contribution in [0.15, 0.2) is 30.3 Å². The van der Waals surface area contributed by atoms with Crippen LogP contribution >= 0.6 is 11.8 Å². The van der Waals surface area contributed by atoms with Crippen LogP contribution in [-0.4, -0.2) is 47.9 Å². The van der Waals surface area contributed by atoms with Crippen molar-refractivity contribution in [2.75, 3.05) is 12.0 Å². The first-order valence-corrected chi connectivity index (χ1v) is 10.8. The topological polar surface area (TPSA) is 127 Å². The molecule has 0 aromatic heterocycles. The number of benzene rings is 1. The standard InChI is InChI=1S/C20H32N4O3S/c1-13(2)11-17(20(27)23-16(18(22)25)9-10-28-3)24-19(26)15(21)12-14-7-5-4-6-8-14/h4-8,13,15-17H,9-12,21H2,1-3H3,(H2,22,25)(H,23,27)(H,24,26)/t15-,16+,17+/m1/s1. The zero-order valence-electron chi connectivity index (χ0n) is 16.8. The summed E-state index contributed by atoms with van der Waals surface area (Å²) in [6, 6.07) is 7.15. The van der Waals surface area contributed by atoms with Crippen LogP contribution < -0.4 is 22.1 Å². The van der Waals surface area contributed by atoms with Crippen LogP contribution in [0.3, 0.4) is 0 Å². The van der Waals surface area contributed by atoms with Gasteiger partial charge in [-0.3, -0.25) is 14.4 Å². The van der Waals surface area contributed by atoms with Crippen molar-refractivity contribution >= 4 is 29.5 Å². The number of carbonyl (C=O) groups is 3. The zero-order valence-corrected chi connectivity index (χ0v) is 17.6. The molecule has 0 saturated heterocycles. The molecular formula is C20H32N4O3S.